The number of aliphatic imine (C=N–C) groups is 1. The third-order valence-electron chi connectivity index (χ3n) is 5.77. The van der Waals surface area contributed by atoms with Crippen LogP contribution in [0.1, 0.15) is 11.1 Å². The summed E-state index contributed by atoms with van der Waals surface area (Å²) in [6, 6.07) is 10.1. The molecule has 1 atom stereocenters. The van der Waals surface area contributed by atoms with E-state index in [1.165, 1.54) is 37.6 Å². The van der Waals surface area contributed by atoms with E-state index in [0.29, 0.717) is 5.56 Å². The predicted molar refractivity (Wildman–Crippen MR) is 112 cm³/mol. The van der Waals surface area contributed by atoms with Crippen molar-refractivity contribution >= 4 is 11.9 Å². The molecule has 2 aliphatic rings. The standard InChI is InChI=1S/C23H15F5N4O3/c1-32-19(33)21(31-20(32)29,13-4-6-16(24)15(9-13)12-3-2-8-30-11-12)14-5-7-17-18(10-14)35-23(27,28)22(25,26)34-17/h2-11H,1H3,(H2,29,31). The van der Waals surface area contributed by atoms with Gasteiger partial charge in [-0.25, -0.2) is 9.38 Å². The Hall–Kier alpha value is -4.22. The lowest BCUT2D eigenvalue weighted by Gasteiger charge is -2.33. The summed E-state index contributed by atoms with van der Waals surface area (Å²) in [6.07, 6.45) is -6.95. The largest absolute Gasteiger partial charge is 0.507 e. The van der Waals surface area contributed by atoms with Crippen LogP contribution in [-0.2, 0) is 10.3 Å². The maximum absolute atomic E-state index is 14.7. The molecule has 0 bridgehead atoms. The van der Waals surface area contributed by atoms with Gasteiger partial charge in [-0.3, -0.25) is 14.7 Å². The van der Waals surface area contributed by atoms with Crippen molar-refractivity contribution in [2.24, 2.45) is 10.7 Å². The number of hydrogen-bond acceptors (Lipinski definition) is 6. The number of amides is 1. The van der Waals surface area contributed by atoms with E-state index in [0.717, 1.165) is 23.1 Å². The first-order valence-corrected chi connectivity index (χ1v) is 10.1. The minimum absolute atomic E-state index is 0.0399. The summed E-state index contributed by atoms with van der Waals surface area (Å²) >= 11 is 0. The zero-order valence-corrected chi connectivity index (χ0v) is 17.8. The molecule has 0 saturated heterocycles. The number of carbonyl (C=O) groups is 1. The normalized spacial score (nSPS) is 22.2. The molecule has 3 heterocycles. The lowest BCUT2D eigenvalue weighted by Crippen LogP contribution is -2.52. The van der Waals surface area contributed by atoms with Crippen molar-refractivity contribution < 1.29 is 36.2 Å². The van der Waals surface area contributed by atoms with Crippen molar-refractivity contribution in [1.29, 1.82) is 0 Å². The summed E-state index contributed by atoms with van der Waals surface area (Å²) in [5.74, 6) is -2.90. The van der Waals surface area contributed by atoms with Gasteiger partial charge in [-0.15, -0.1) is 0 Å². The minimum atomic E-state index is -4.96. The smallest absolute Gasteiger partial charge is 0.421 e. The number of rotatable bonds is 3. The number of fused-ring (bicyclic) bond motifs is 1. The molecule has 0 radical (unpaired) electrons. The quantitative estimate of drug-likeness (QED) is 0.563. The van der Waals surface area contributed by atoms with Crippen molar-refractivity contribution in [3.05, 3.63) is 77.9 Å². The first-order valence-electron chi connectivity index (χ1n) is 10.1. The molecule has 2 aromatic carbocycles. The molecular weight excluding hydrogens is 475 g/mol. The molecule has 1 unspecified atom stereocenters. The maximum Gasteiger partial charge on any atom is 0.507 e. The van der Waals surface area contributed by atoms with Gasteiger partial charge in [-0.05, 0) is 41.5 Å². The molecular formula is C23H15F5N4O3. The van der Waals surface area contributed by atoms with E-state index >= 15 is 0 Å². The third-order valence-corrected chi connectivity index (χ3v) is 5.77. The summed E-state index contributed by atoms with van der Waals surface area (Å²) in [4.78, 5) is 22.8. The minimum Gasteiger partial charge on any atom is -0.421 e. The Morgan fingerprint density at radius 2 is 1.60 bits per heavy atom. The fraction of sp³-hybridized carbons (Fsp3) is 0.174. The SMILES string of the molecule is CN1C(=O)C(c2ccc3c(c2)OC(F)(F)C(F)(F)O3)(c2ccc(F)c(-c3cccnc3)c2)N=C1N. The molecule has 1 aromatic heterocycles. The molecule has 1 amide bonds. The second kappa shape index (κ2) is 7.39. The van der Waals surface area contributed by atoms with Crippen molar-refractivity contribution in [3.63, 3.8) is 0 Å². The van der Waals surface area contributed by atoms with Gasteiger partial charge in [0.15, 0.2) is 23.0 Å². The second-order valence-electron chi connectivity index (χ2n) is 7.88. The fourth-order valence-electron chi connectivity index (χ4n) is 3.97. The first-order chi connectivity index (χ1) is 16.5. The Bertz CT molecular complexity index is 1380. The van der Waals surface area contributed by atoms with Crippen LogP contribution in [-0.4, -0.2) is 41.0 Å². The first kappa shape index (κ1) is 22.6. The Kier molecular flexibility index (Phi) is 4.76. The molecule has 0 aliphatic carbocycles. The summed E-state index contributed by atoms with van der Waals surface area (Å²) in [6.45, 7) is 0. The van der Waals surface area contributed by atoms with E-state index in [1.54, 1.807) is 12.1 Å². The Balaban J connectivity index is 1.71. The highest BCUT2D eigenvalue weighted by Gasteiger charge is 2.66. The van der Waals surface area contributed by atoms with Gasteiger partial charge in [-0.2, -0.15) is 17.6 Å². The fourth-order valence-corrected chi connectivity index (χ4v) is 3.97. The molecule has 0 saturated carbocycles. The van der Waals surface area contributed by atoms with Crippen LogP contribution in [0.2, 0.25) is 0 Å². The number of ether oxygens (including phenoxy) is 2. The summed E-state index contributed by atoms with van der Waals surface area (Å²) in [5.41, 5.74) is 4.56. The van der Waals surface area contributed by atoms with E-state index < -0.39 is 41.0 Å². The number of alkyl halides is 4. The summed E-state index contributed by atoms with van der Waals surface area (Å²) in [7, 11) is 1.35. The molecule has 0 fully saturated rings. The third kappa shape index (κ3) is 3.27. The number of hydrogen-bond donors (Lipinski definition) is 1. The van der Waals surface area contributed by atoms with Gasteiger partial charge in [0.2, 0.25) is 0 Å². The number of pyridine rings is 1. The number of benzene rings is 2. The van der Waals surface area contributed by atoms with E-state index in [1.807, 2.05) is 0 Å². The van der Waals surface area contributed by atoms with E-state index in [9.17, 15) is 26.7 Å². The highest BCUT2D eigenvalue weighted by atomic mass is 19.3. The van der Waals surface area contributed by atoms with Gasteiger partial charge in [0.25, 0.3) is 5.91 Å². The molecule has 12 heteroatoms. The molecule has 5 rings (SSSR count). The molecule has 35 heavy (non-hydrogen) atoms. The van der Waals surface area contributed by atoms with Crippen LogP contribution in [0.25, 0.3) is 11.1 Å². The highest BCUT2D eigenvalue weighted by Crippen LogP contribution is 2.49. The summed E-state index contributed by atoms with van der Waals surface area (Å²) < 4.78 is 77.9. The topological polar surface area (TPSA) is 90.0 Å². The number of nitrogens with zero attached hydrogens (tertiary/aromatic N) is 3. The number of nitrogens with two attached hydrogens (primary N) is 1. The average Bonchev–Trinajstić information content (AvgIpc) is 3.05. The van der Waals surface area contributed by atoms with Gasteiger partial charge in [0.1, 0.15) is 5.82 Å². The zero-order chi connectivity index (χ0) is 25.2. The lowest BCUT2D eigenvalue weighted by molar-refractivity contribution is -0.391. The van der Waals surface area contributed by atoms with Crippen LogP contribution in [0.3, 0.4) is 0 Å². The van der Waals surface area contributed by atoms with E-state index in [-0.39, 0.29) is 22.6 Å². The Labute approximate surface area is 194 Å². The van der Waals surface area contributed by atoms with Crippen molar-refractivity contribution in [2.75, 3.05) is 7.05 Å². The van der Waals surface area contributed by atoms with E-state index in [2.05, 4.69) is 19.5 Å². The zero-order valence-electron chi connectivity index (χ0n) is 17.8. The van der Waals surface area contributed by atoms with Crippen molar-refractivity contribution in [1.82, 2.24) is 9.88 Å². The van der Waals surface area contributed by atoms with Crippen LogP contribution in [0.5, 0.6) is 11.5 Å². The van der Waals surface area contributed by atoms with Gasteiger partial charge < -0.3 is 15.2 Å². The Morgan fingerprint density at radius 3 is 2.23 bits per heavy atom. The van der Waals surface area contributed by atoms with Crippen LogP contribution >= 0.6 is 0 Å². The maximum atomic E-state index is 14.7. The number of guanidine groups is 1. The molecule has 0 spiro atoms. The van der Waals surface area contributed by atoms with Crippen LogP contribution in [0.15, 0.2) is 65.9 Å². The highest BCUT2D eigenvalue weighted by molar-refractivity contribution is 6.09. The van der Waals surface area contributed by atoms with Gasteiger partial charge >= 0.3 is 12.2 Å². The number of aromatic nitrogens is 1. The lowest BCUT2D eigenvalue weighted by atomic mass is 9.81. The molecule has 180 valence electrons. The number of carbonyl (C=O) groups excluding carboxylic acids is 1. The number of halogens is 5. The Morgan fingerprint density at radius 1 is 0.943 bits per heavy atom. The second-order valence-corrected chi connectivity index (χ2v) is 7.88. The van der Waals surface area contributed by atoms with Crippen LogP contribution in [0, 0.1) is 5.82 Å². The molecule has 2 aliphatic heterocycles. The molecule has 2 N–H and O–H groups in total. The van der Waals surface area contributed by atoms with Crippen molar-refractivity contribution in [2.45, 2.75) is 17.8 Å². The van der Waals surface area contributed by atoms with Gasteiger partial charge in [0, 0.05) is 30.6 Å². The molecule has 7 nitrogen and oxygen atoms in total. The average molecular weight is 490 g/mol. The van der Waals surface area contributed by atoms with Crippen LogP contribution < -0.4 is 15.2 Å². The summed E-state index contributed by atoms with van der Waals surface area (Å²) in [5, 5.41) is 0. The van der Waals surface area contributed by atoms with Gasteiger partial charge in [0.05, 0.1) is 0 Å². The number of likely N-dealkylation sites (N-methyl/N-ethyl adjacent to an activating group) is 1. The van der Waals surface area contributed by atoms with E-state index in [4.69, 9.17) is 5.73 Å². The van der Waals surface area contributed by atoms with Crippen molar-refractivity contribution in [3.8, 4) is 22.6 Å². The van der Waals surface area contributed by atoms with Gasteiger partial charge in [-0.1, -0.05) is 18.2 Å². The van der Waals surface area contributed by atoms with Crippen LogP contribution in [0.4, 0.5) is 22.0 Å². The molecule has 3 aromatic rings. The predicted octanol–water partition coefficient (Wildman–Crippen LogP) is 3.87. The monoisotopic (exact) mass is 490 g/mol.